The van der Waals surface area contributed by atoms with Crippen LogP contribution in [-0.4, -0.2) is 104 Å². The number of fused-ring (bicyclic) bond motifs is 4. The van der Waals surface area contributed by atoms with E-state index in [0.717, 1.165) is 23.3 Å². The van der Waals surface area contributed by atoms with Gasteiger partial charge in [-0.3, -0.25) is 14.2 Å². The van der Waals surface area contributed by atoms with Gasteiger partial charge in [-0.2, -0.15) is 13.2 Å². The van der Waals surface area contributed by atoms with Gasteiger partial charge in [0.1, 0.15) is 35.8 Å². The first-order valence-corrected chi connectivity index (χ1v) is 22.8. The number of hydrogen-bond acceptors (Lipinski definition) is 10. The van der Waals surface area contributed by atoms with Gasteiger partial charge in [0.2, 0.25) is 18.0 Å². The van der Waals surface area contributed by atoms with Gasteiger partial charge in [-0.1, -0.05) is 26.8 Å². The zero-order chi connectivity index (χ0) is 47.7. The summed E-state index contributed by atoms with van der Waals surface area (Å²) in [4.78, 5) is 70.0. The van der Waals surface area contributed by atoms with Crippen LogP contribution in [0.3, 0.4) is 0 Å². The molecule has 0 radical (unpaired) electrons. The third-order valence-electron chi connectivity index (χ3n) is 12.1. The lowest BCUT2D eigenvalue weighted by atomic mass is 9.89. The smallest absolute Gasteiger partial charge is 0.407 e. The number of carbonyl (C=O) groups is 4. The highest BCUT2D eigenvalue weighted by Crippen LogP contribution is 2.50. The summed E-state index contributed by atoms with van der Waals surface area (Å²) in [5.41, 5.74) is 3.35. The first-order chi connectivity index (χ1) is 32.0. The van der Waals surface area contributed by atoms with Crippen LogP contribution in [0.5, 0.6) is 0 Å². The Labute approximate surface area is 386 Å². The molecule has 1 saturated heterocycles. The van der Waals surface area contributed by atoms with E-state index >= 15 is 4.39 Å². The summed E-state index contributed by atoms with van der Waals surface area (Å²) in [5.74, 6) is -0.536. The summed E-state index contributed by atoms with van der Waals surface area (Å²) in [5, 5.41) is 5.76. The lowest BCUT2D eigenvalue weighted by Gasteiger charge is -2.34. The van der Waals surface area contributed by atoms with Crippen LogP contribution in [-0.2, 0) is 36.8 Å². The highest BCUT2D eigenvalue weighted by atomic mass is 32.1. The molecule has 3 aliphatic rings. The van der Waals surface area contributed by atoms with Crippen molar-refractivity contribution in [3.05, 3.63) is 99.2 Å². The van der Waals surface area contributed by atoms with Crippen molar-refractivity contribution < 1.29 is 51.0 Å². The molecule has 0 bridgehead atoms. The number of alkyl halides is 3. The second-order valence-electron chi connectivity index (χ2n) is 17.0. The molecule has 0 spiro atoms. The summed E-state index contributed by atoms with van der Waals surface area (Å²) in [7, 11) is 2.45. The lowest BCUT2D eigenvalue weighted by Crippen LogP contribution is -2.51. The Morgan fingerprint density at radius 1 is 1.04 bits per heavy atom. The molecule has 4 amide bonds. The van der Waals surface area contributed by atoms with Crippen molar-refractivity contribution in [1.29, 1.82) is 0 Å². The number of H-pyrrole nitrogens is 2. The predicted octanol–water partition coefficient (Wildman–Crippen LogP) is 8.39. The molecule has 1 fully saturated rings. The van der Waals surface area contributed by atoms with Crippen LogP contribution in [0.15, 0.2) is 66.5 Å². The Bertz CT molecular complexity index is 2740. The third kappa shape index (κ3) is 9.91. The van der Waals surface area contributed by atoms with E-state index in [1.54, 1.807) is 28.3 Å². The Morgan fingerprint density at radius 2 is 1.84 bits per heavy atom. The van der Waals surface area contributed by atoms with Gasteiger partial charge in [0.15, 0.2) is 0 Å². The number of alkyl carbamates (subject to hydrolysis) is 2. The number of nitrogens with zero attached hydrogens (tertiary/aromatic N) is 5. The van der Waals surface area contributed by atoms with Crippen LogP contribution in [0.25, 0.3) is 27.7 Å². The number of benzene rings is 1. The van der Waals surface area contributed by atoms with E-state index in [1.165, 1.54) is 26.4 Å². The number of rotatable bonds is 14. The number of carbonyl (C=O) groups excluding carboxylic acids is 4. The van der Waals surface area contributed by atoms with E-state index in [2.05, 4.69) is 35.3 Å². The monoisotopic (exact) mass is 949 g/mol. The maximum atomic E-state index is 16.8. The minimum atomic E-state index is -4.42. The molecule has 8 rings (SSSR count). The molecular weight excluding hydrogens is 899 g/mol. The van der Waals surface area contributed by atoms with Crippen molar-refractivity contribution >= 4 is 51.8 Å². The molecule has 67 heavy (non-hydrogen) atoms. The highest BCUT2D eigenvalue weighted by Gasteiger charge is 2.39. The molecule has 6 heterocycles. The van der Waals surface area contributed by atoms with Crippen molar-refractivity contribution in [2.45, 2.75) is 89.8 Å². The van der Waals surface area contributed by atoms with Gasteiger partial charge in [0, 0.05) is 53.1 Å². The summed E-state index contributed by atoms with van der Waals surface area (Å²) in [6.45, 7) is 6.41. The number of likely N-dealkylation sites (tertiary alicyclic amines) is 1. The lowest BCUT2D eigenvalue weighted by molar-refractivity contribution is -0.135. The maximum Gasteiger partial charge on any atom is 0.407 e. The standard InChI is InChI=1S/C46H51F4N9O7S/c1-6-13-57(42(61)40(24(2)3)56-45(63)65-5)23-37-51-20-30(54-37)25-9-11-32-27(15-25)17-34-39-29(47)16-26(18-35(39)66-43(59(32)34)36-12-10-28(67-36)19-46(48,49)50)31-21-52-41(55-31)33-8-7-14-58(33)38(60)22-53-44(62)64-4/h9-12,15-17,20-21,24,26,33,40,43H,6-8,13-14,18-19,22-23H2,1-5H3,(H,51,54)(H,52,55)(H,53,62)(H,56,63)/t26?,33-,40-,43?/m0/s1. The van der Waals surface area contributed by atoms with E-state index in [9.17, 15) is 32.3 Å². The molecule has 4 atom stereocenters. The first kappa shape index (κ1) is 46.9. The average molecular weight is 950 g/mol. The second kappa shape index (κ2) is 19.3. The fourth-order valence-electron chi connectivity index (χ4n) is 8.95. The van der Waals surface area contributed by atoms with E-state index in [0.29, 0.717) is 76.2 Å². The number of allylic oxidation sites excluding steroid dienone is 4. The number of methoxy groups -OCH3 is 2. The van der Waals surface area contributed by atoms with Gasteiger partial charge in [-0.05, 0) is 61.6 Å². The van der Waals surface area contributed by atoms with Crippen molar-refractivity contribution in [3.63, 3.8) is 0 Å². The fraction of sp³-hybridized carbons (Fsp3) is 0.435. The molecular formula is C46H51F4N9O7S. The molecule has 5 aromatic rings. The number of thiophene rings is 1. The second-order valence-corrected chi connectivity index (χ2v) is 18.2. The van der Waals surface area contributed by atoms with Crippen LogP contribution in [0, 0.1) is 5.92 Å². The van der Waals surface area contributed by atoms with Gasteiger partial charge >= 0.3 is 18.4 Å². The van der Waals surface area contributed by atoms with E-state index < -0.39 is 48.8 Å². The summed E-state index contributed by atoms with van der Waals surface area (Å²) < 4.78 is 75.2. The van der Waals surface area contributed by atoms with Gasteiger partial charge in [-0.15, -0.1) is 11.3 Å². The zero-order valence-electron chi connectivity index (χ0n) is 37.5. The first-order valence-electron chi connectivity index (χ1n) is 22.0. The Hall–Kier alpha value is -6.64. The minimum Gasteiger partial charge on any atom is -0.469 e. The topological polar surface area (TPSA) is 189 Å². The van der Waals surface area contributed by atoms with Crippen LogP contribution < -0.4 is 10.6 Å². The fourth-order valence-corrected chi connectivity index (χ4v) is 10.0. The molecule has 356 valence electrons. The number of aromatic amines is 2. The maximum absolute atomic E-state index is 16.8. The highest BCUT2D eigenvalue weighted by molar-refractivity contribution is 7.12. The molecule has 4 aromatic heterocycles. The quantitative estimate of drug-likeness (QED) is 0.0793. The van der Waals surface area contributed by atoms with E-state index in [4.69, 9.17) is 9.47 Å². The number of aromatic nitrogens is 5. The minimum absolute atomic E-state index is 0.109. The molecule has 2 aliphatic heterocycles. The van der Waals surface area contributed by atoms with Crippen molar-refractivity contribution in [2.75, 3.05) is 33.9 Å². The van der Waals surface area contributed by atoms with Gasteiger partial charge in [0.25, 0.3) is 0 Å². The van der Waals surface area contributed by atoms with Crippen LogP contribution in [0.2, 0.25) is 0 Å². The average Bonchev–Trinajstić information content (AvgIpc) is 4.16. The molecule has 16 nitrogen and oxygen atoms in total. The number of hydrogen-bond donors (Lipinski definition) is 4. The number of ether oxygens (including phenoxy) is 3. The summed E-state index contributed by atoms with van der Waals surface area (Å²) >= 11 is 0.982. The van der Waals surface area contributed by atoms with Crippen LogP contribution in [0.1, 0.15) is 97.4 Å². The summed E-state index contributed by atoms with van der Waals surface area (Å²) in [6, 6.07) is 9.31. The molecule has 1 aliphatic carbocycles. The van der Waals surface area contributed by atoms with Crippen molar-refractivity contribution in [3.8, 4) is 11.3 Å². The van der Waals surface area contributed by atoms with Crippen LogP contribution >= 0.6 is 11.3 Å². The number of nitrogens with one attached hydrogen (secondary N) is 4. The largest absolute Gasteiger partial charge is 0.469 e. The molecule has 1 aromatic carbocycles. The Kier molecular flexibility index (Phi) is 13.5. The van der Waals surface area contributed by atoms with Gasteiger partial charge < -0.3 is 44.6 Å². The van der Waals surface area contributed by atoms with E-state index in [-0.39, 0.29) is 53.7 Å². The number of imidazole rings is 2. The molecule has 4 N–H and O–H groups in total. The van der Waals surface area contributed by atoms with Crippen LogP contribution in [0.4, 0.5) is 27.2 Å². The number of halogens is 4. The van der Waals surface area contributed by atoms with E-state index in [1.807, 2.05) is 49.6 Å². The molecule has 0 saturated carbocycles. The normalized spacial score (nSPS) is 18.6. The van der Waals surface area contributed by atoms with Gasteiger partial charge in [0.05, 0.1) is 66.8 Å². The Balaban J connectivity index is 1.09. The predicted molar refractivity (Wildman–Crippen MR) is 239 cm³/mol. The molecule has 2 unspecified atom stereocenters. The molecule has 21 heteroatoms. The Morgan fingerprint density at radius 3 is 2.57 bits per heavy atom. The van der Waals surface area contributed by atoms with Crippen molar-refractivity contribution in [1.82, 2.24) is 44.9 Å². The van der Waals surface area contributed by atoms with Gasteiger partial charge in [-0.25, -0.2) is 23.9 Å². The third-order valence-corrected chi connectivity index (χ3v) is 13.2. The summed E-state index contributed by atoms with van der Waals surface area (Å²) in [6.07, 6.45) is -0.894. The SMILES string of the molecule is CCCN(Cc1ncc(-c2ccc3c(c2)cc2n3C(c3ccc(CC(F)(F)F)s3)OC3=C2C(F)=CC(c2cnc([C@@H]4CCCN4C(=O)CNC(=O)OC)[nH]2)C3)[nH]1)C(=O)[C@@H](NC(=O)OC)C(C)C. The number of amides is 4. The van der Waals surface area contributed by atoms with Crippen molar-refractivity contribution in [2.24, 2.45) is 5.92 Å². The zero-order valence-corrected chi connectivity index (χ0v) is 38.3.